The zero-order chi connectivity index (χ0) is 38.7. The number of nitrogens with zero attached hydrogens (tertiary/aromatic N) is 3. The average Bonchev–Trinajstić information content (AvgIpc) is 3.26. The highest BCUT2D eigenvalue weighted by Gasteiger charge is 2.39. The van der Waals surface area contributed by atoms with Crippen LogP contribution < -0.4 is 14.7 Å². The number of hydrogen-bond donors (Lipinski definition) is 0. The number of hydrogen-bond acceptors (Lipinski definition) is 3. The van der Waals surface area contributed by atoms with E-state index in [9.17, 15) is 0 Å². The van der Waals surface area contributed by atoms with Gasteiger partial charge < -0.3 is 14.7 Å². The van der Waals surface area contributed by atoms with Crippen molar-refractivity contribution >= 4 is 51.2 Å². The van der Waals surface area contributed by atoms with Gasteiger partial charge >= 0.3 is 0 Å². The molecule has 8 aromatic carbocycles. The van der Waals surface area contributed by atoms with Gasteiger partial charge in [0.15, 0.2) is 0 Å². The van der Waals surface area contributed by atoms with Crippen LogP contribution in [0.1, 0.15) is 49.9 Å². The second-order valence-electron chi connectivity index (χ2n) is 16.3. The summed E-state index contributed by atoms with van der Waals surface area (Å²) in [5.41, 5.74) is 17.9. The Bertz CT molecular complexity index is 2690. The van der Waals surface area contributed by atoms with Crippen LogP contribution in [0, 0.1) is 0 Å². The van der Waals surface area contributed by atoms with Gasteiger partial charge in [-0.15, -0.1) is 0 Å². The predicted octanol–water partition coefficient (Wildman–Crippen LogP) is 15.0. The third kappa shape index (κ3) is 5.65. The van der Waals surface area contributed by atoms with Crippen molar-refractivity contribution in [2.24, 2.45) is 0 Å². The summed E-state index contributed by atoms with van der Waals surface area (Å²) >= 11 is 0. The maximum absolute atomic E-state index is 2.45. The van der Waals surface area contributed by atoms with E-state index in [-0.39, 0.29) is 10.8 Å². The average molecular weight is 736 g/mol. The lowest BCUT2D eigenvalue weighted by molar-refractivity contribution is 0.631. The molecular weight excluding hydrogens is 691 g/mol. The van der Waals surface area contributed by atoms with Crippen molar-refractivity contribution < 1.29 is 0 Å². The summed E-state index contributed by atoms with van der Waals surface area (Å²) in [5.74, 6) is 0. The lowest BCUT2D eigenvalue weighted by Crippen LogP contribution is -2.31. The highest BCUT2D eigenvalue weighted by molar-refractivity contribution is 5.90. The summed E-state index contributed by atoms with van der Waals surface area (Å²) < 4.78 is 0. The minimum Gasteiger partial charge on any atom is -0.311 e. The van der Waals surface area contributed by atoms with Crippen LogP contribution in [0.2, 0.25) is 0 Å². The first-order chi connectivity index (χ1) is 27.8. The summed E-state index contributed by atoms with van der Waals surface area (Å²) in [6.45, 7) is 9.48. The molecule has 0 aliphatic carbocycles. The van der Waals surface area contributed by atoms with Crippen molar-refractivity contribution in [1.29, 1.82) is 0 Å². The molecule has 0 radical (unpaired) electrons. The van der Waals surface area contributed by atoms with Crippen LogP contribution >= 0.6 is 0 Å². The van der Waals surface area contributed by atoms with Crippen LogP contribution in [-0.4, -0.2) is 0 Å². The van der Waals surface area contributed by atoms with Crippen LogP contribution in [0.4, 0.5) is 51.2 Å². The van der Waals surface area contributed by atoms with Gasteiger partial charge in [0.2, 0.25) is 0 Å². The van der Waals surface area contributed by atoms with Gasteiger partial charge in [-0.3, -0.25) is 0 Å². The molecule has 0 amide bonds. The Kier molecular flexibility index (Phi) is 8.16. The highest BCUT2D eigenvalue weighted by atomic mass is 15.2. The van der Waals surface area contributed by atoms with Gasteiger partial charge in [-0.05, 0) is 130 Å². The topological polar surface area (TPSA) is 9.72 Å². The zero-order valence-corrected chi connectivity index (χ0v) is 32.9. The van der Waals surface area contributed by atoms with Crippen molar-refractivity contribution in [1.82, 2.24) is 0 Å². The van der Waals surface area contributed by atoms with Crippen LogP contribution in [0.3, 0.4) is 0 Å². The van der Waals surface area contributed by atoms with Crippen molar-refractivity contribution in [3.05, 3.63) is 222 Å². The lowest BCUT2D eigenvalue weighted by Gasteiger charge is -2.43. The Labute approximate surface area is 336 Å². The Balaban J connectivity index is 1.08. The maximum atomic E-state index is 2.45. The second-order valence-corrected chi connectivity index (χ2v) is 16.3. The predicted molar refractivity (Wildman–Crippen MR) is 240 cm³/mol. The van der Waals surface area contributed by atoms with Crippen molar-refractivity contribution in [2.75, 3.05) is 14.7 Å². The molecular formula is C54H45N3. The fourth-order valence-corrected chi connectivity index (χ4v) is 9.25. The Morgan fingerprint density at radius 1 is 0.316 bits per heavy atom. The SMILES string of the molecule is CC1(C)c2ccccc2N(c2ccccc2)c2ccc(-c3ccc4c(c3)C(C)(C)c3ccccc3N4c3ccc(N(c4ccccc4)c4ccccc4)cc3)cc21. The molecule has 57 heavy (non-hydrogen) atoms. The largest absolute Gasteiger partial charge is 0.311 e. The molecule has 0 N–H and O–H groups in total. The fourth-order valence-electron chi connectivity index (χ4n) is 9.25. The molecule has 3 nitrogen and oxygen atoms in total. The van der Waals surface area contributed by atoms with E-state index in [1.165, 1.54) is 61.8 Å². The molecule has 0 bridgehead atoms. The zero-order valence-electron chi connectivity index (χ0n) is 32.9. The molecule has 0 spiro atoms. The minimum atomic E-state index is -0.216. The standard InChI is InChI=1S/C54H45N3/c1-53(2)45-24-14-16-26-49(45)56(42-22-12-7-13-23-42)51-34-28-38(36-47(51)53)39-29-35-52-48(37-39)54(3,4)46-25-15-17-27-50(46)57(52)44-32-30-43(31-33-44)55(40-18-8-5-9-19-40)41-20-10-6-11-21-41/h5-37H,1-4H3. The molecule has 276 valence electrons. The van der Waals surface area contributed by atoms with E-state index in [0.29, 0.717) is 0 Å². The molecule has 0 saturated heterocycles. The number of benzene rings is 8. The summed E-state index contributed by atoms with van der Waals surface area (Å²) in [6, 6.07) is 72.9. The van der Waals surface area contributed by atoms with Gasteiger partial charge in [-0.25, -0.2) is 0 Å². The summed E-state index contributed by atoms with van der Waals surface area (Å²) in [4.78, 5) is 7.19. The fraction of sp³-hybridized carbons (Fsp3) is 0.111. The molecule has 0 saturated carbocycles. The third-order valence-corrected chi connectivity index (χ3v) is 12.2. The molecule has 2 aliphatic rings. The van der Waals surface area contributed by atoms with E-state index in [4.69, 9.17) is 0 Å². The first-order valence-corrected chi connectivity index (χ1v) is 19.9. The lowest BCUT2D eigenvalue weighted by atomic mass is 9.71. The molecule has 0 fully saturated rings. The molecule has 2 heterocycles. The second kappa shape index (κ2) is 13.4. The van der Waals surface area contributed by atoms with Gasteiger partial charge in [0.1, 0.15) is 0 Å². The smallest absolute Gasteiger partial charge is 0.0503 e. The molecule has 8 aromatic rings. The van der Waals surface area contributed by atoms with Crippen molar-refractivity contribution in [3.8, 4) is 11.1 Å². The van der Waals surface area contributed by atoms with E-state index in [2.05, 4.69) is 243 Å². The normalized spacial score (nSPS) is 14.5. The van der Waals surface area contributed by atoms with Crippen LogP contribution in [-0.2, 0) is 10.8 Å². The molecule has 10 rings (SSSR count). The van der Waals surface area contributed by atoms with E-state index in [1.54, 1.807) is 0 Å². The first kappa shape index (κ1) is 34.6. The van der Waals surface area contributed by atoms with Crippen molar-refractivity contribution in [2.45, 2.75) is 38.5 Å². The van der Waals surface area contributed by atoms with E-state index in [0.717, 1.165) is 22.7 Å². The Morgan fingerprint density at radius 3 is 1.12 bits per heavy atom. The number of para-hydroxylation sites is 5. The van der Waals surface area contributed by atoms with Crippen LogP contribution in [0.5, 0.6) is 0 Å². The van der Waals surface area contributed by atoms with E-state index in [1.807, 2.05) is 0 Å². The van der Waals surface area contributed by atoms with Gasteiger partial charge in [-0.2, -0.15) is 0 Å². The third-order valence-electron chi connectivity index (χ3n) is 12.2. The number of rotatable bonds is 6. The molecule has 0 unspecified atom stereocenters. The van der Waals surface area contributed by atoms with Crippen LogP contribution in [0.15, 0.2) is 200 Å². The number of anilines is 9. The van der Waals surface area contributed by atoms with Gasteiger partial charge in [0.25, 0.3) is 0 Å². The highest BCUT2D eigenvalue weighted by Crippen LogP contribution is 2.55. The van der Waals surface area contributed by atoms with Gasteiger partial charge in [0, 0.05) is 39.3 Å². The van der Waals surface area contributed by atoms with E-state index < -0.39 is 0 Å². The molecule has 3 heteroatoms. The maximum Gasteiger partial charge on any atom is 0.0503 e. The van der Waals surface area contributed by atoms with E-state index >= 15 is 0 Å². The number of fused-ring (bicyclic) bond motifs is 4. The monoisotopic (exact) mass is 735 g/mol. The summed E-state index contributed by atoms with van der Waals surface area (Å²) in [7, 11) is 0. The van der Waals surface area contributed by atoms with Gasteiger partial charge in [0.05, 0.1) is 22.7 Å². The summed E-state index contributed by atoms with van der Waals surface area (Å²) in [5, 5.41) is 0. The molecule has 2 aliphatic heterocycles. The molecule has 0 aromatic heterocycles. The van der Waals surface area contributed by atoms with Crippen molar-refractivity contribution in [3.63, 3.8) is 0 Å². The quantitative estimate of drug-likeness (QED) is 0.168. The minimum absolute atomic E-state index is 0.181. The first-order valence-electron chi connectivity index (χ1n) is 19.9. The Hall–Kier alpha value is -6.84. The Morgan fingerprint density at radius 2 is 0.667 bits per heavy atom. The van der Waals surface area contributed by atoms with Gasteiger partial charge in [-0.1, -0.05) is 131 Å². The van der Waals surface area contributed by atoms with Crippen LogP contribution in [0.25, 0.3) is 11.1 Å². The molecule has 0 atom stereocenters. The summed E-state index contributed by atoms with van der Waals surface area (Å²) in [6.07, 6.45) is 0.